The van der Waals surface area contributed by atoms with Crippen LogP contribution in [0.1, 0.15) is 5.56 Å². The number of rotatable bonds is 4. The number of hydrogen-bond acceptors (Lipinski definition) is 4. The van der Waals surface area contributed by atoms with Crippen LogP contribution in [0.15, 0.2) is 41.3 Å². The summed E-state index contributed by atoms with van der Waals surface area (Å²) < 4.78 is 39.8. The Bertz CT molecular complexity index is 1030. The van der Waals surface area contributed by atoms with E-state index in [-0.39, 0.29) is 4.91 Å². The molecule has 0 bridgehead atoms. The molecule has 0 atom stereocenters. The molecule has 2 aromatic rings. The number of nitrogens with zero attached hydrogens (tertiary/aromatic N) is 1. The van der Waals surface area contributed by atoms with Gasteiger partial charge in [0.15, 0.2) is 17.5 Å². The molecular weight excluding hydrogens is 417 g/mol. The molecule has 0 spiro atoms. The Morgan fingerprint density at radius 2 is 1.89 bits per heavy atom. The molecule has 0 radical (unpaired) electrons. The molecule has 28 heavy (non-hydrogen) atoms. The highest BCUT2D eigenvalue weighted by atomic mass is 35.5. The maximum Gasteiger partial charge on any atom is 0.294 e. The van der Waals surface area contributed by atoms with Gasteiger partial charge in [-0.2, -0.15) is 0 Å². The number of nitrogens with one attached hydrogen (secondary N) is 1. The van der Waals surface area contributed by atoms with E-state index in [9.17, 15) is 27.6 Å². The van der Waals surface area contributed by atoms with Crippen molar-refractivity contribution in [1.82, 2.24) is 4.90 Å². The van der Waals surface area contributed by atoms with Crippen molar-refractivity contribution < 1.29 is 27.6 Å². The summed E-state index contributed by atoms with van der Waals surface area (Å²) in [4.78, 5) is 37.2. The second-order valence-electron chi connectivity index (χ2n) is 5.59. The Balaban J connectivity index is 1.72. The normalized spacial score (nSPS) is 15.4. The van der Waals surface area contributed by atoms with Gasteiger partial charge in [-0.1, -0.05) is 23.7 Å². The van der Waals surface area contributed by atoms with Crippen LogP contribution < -0.4 is 5.32 Å². The fourth-order valence-electron chi connectivity index (χ4n) is 2.34. The molecule has 1 saturated heterocycles. The molecule has 144 valence electrons. The van der Waals surface area contributed by atoms with Crippen LogP contribution in [0.4, 0.5) is 23.7 Å². The van der Waals surface area contributed by atoms with Gasteiger partial charge in [-0.05, 0) is 47.7 Å². The Labute approximate surface area is 166 Å². The molecule has 1 heterocycles. The molecule has 10 heteroatoms. The lowest BCUT2D eigenvalue weighted by molar-refractivity contribution is -0.127. The molecule has 1 aliphatic rings. The Hall–Kier alpha value is -2.78. The highest BCUT2D eigenvalue weighted by Gasteiger charge is 2.36. The quantitative estimate of drug-likeness (QED) is 0.580. The van der Waals surface area contributed by atoms with Crippen LogP contribution >= 0.6 is 23.4 Å². The third-order valence-corrected chi connectivity index (χ3v) is 4.77. The Morgan fingerprint density at radius 3 is 2.61 bits per heavy atom. The fourth-order valence-corrected chi connectivity index (χ4v) is 3.38. The molecular formula is C18H10ClF3N2O3S. The summed E-state index contributed by atoms with van der Waals surface area (Å²) in [6, 6.07) is 8.06. The van der Waals surface area contributed by atoms with E-state index >= 15 is 0 Å². The van der Waals surface area contributed by atoms with E-state index in [0.717, 1.165) is 6.07 Å². The lowest BCUT2D eigenvalue weighted by atomic mass is 10.2. The van der Waals surface area contributed by atoms with Crippen molar-refractivity contribution in [2.24, 2.45) is 0 Å². The van der Waals surface area contributed by atoms with E-state index in [1.165, 1.54) is 6.08 Å². The summed E-state index contributed by atoms with van der Waals surface area (Å²) in [6.45, 7) is -0.712. The lowest BCUT2D eigenvalue weighted by Crippen LogP contribution is -2.36. The second-order valence-corrected chi connectivity index (χ2v) is 7.02. The summed E-state index contributed by atoms with van der Waals surface area (Å²) in [5.74, 6) is -6.39. The van der Waals surface area contributed by atoms with Gasteiger partial charge in [-0.15, -0.1) is 0 Å². The number of anilines is 1. The topological polar surface area (TPSA) is 66.5 Å². The predicted octanol–water partition coefficient (Wildman–Crippen LogP) is 4.43. The maximum atomic E-state index is 13.6. The average molecular weight is 427 g/mol. The molecule has 0 aliphatic carbocycles. The number of amides is 3. The van der Waals surface area contributed by atoms with Crippen LogP contribution in [0.25, 0.3) is 6.08 Å². The van der Waals surface area contributed by atoms with E-state index in [1.807, 2.05) is 5.32 Å². The highest BCUT2D eigenvalue weighted by molar-refractivity contribution is 8.18. The van der Waals surface area contributed by atoms with E-state index in [0.29, 0.717) is 33.3 Å². The molecule has 1 N–H and O–H groups in total. The van der Waals surface area contributed by atoms with Crippen molar-refractivity contribution in [3.63, 3.8) is 0 Å². The summed E-state index contributed by atoms with van der Waals surface area (Å²) in [5, 5.41) is 1.76. The summed E-state index contributed by atoms with van der Waals surface area (Å²) >= 11 is 6.50. The van der Waals surface area contributed by atoms with Gasteiger partial charge in [0.1, 0.15) is 6.54 Å². The monoisotopic (exact) mass is 426 g/mol. The van der Waals surface area contributed by atoms with Crippen LogP contribution in [0.3, 0.4) is 0 Å². The second kappa shape index (κ2) is 8.07. The van der Waals surface area contributed by atoms with Crippen molar-refractivity contribution >= 4 is 52.2 Å². The molecule has 1 fully saturated rings. The number of carbonyl (C=O) groups excluding carboxylic acids is 3. The van der Waals surface area contributed by atoms with Gasteiger partial charge in [0, 0.05) is 5.02 Å². The van der Waals surface area contributed by atoms with E-state index < -0.39 is 46.7 Å². The van der Waals surface area contributed by atoms with Crippen molar-refractivity contribution in [3.05, 3.63) is 69.3 Å². The van der Waals surface area contributed by atoms with Crippen LogP contribution in [0.2, 0.25) is 5.02 Å². The van der Waals surface area contributed by atoms with Crippen LogP contribution in [0, 0.1) is 17.5 Å². The number of imide groups is 1. The molecule has 2 aromatic carbocycles. The largest absolute Gasteiger partial charge is 0.322 e. The first kappa shape index (κ1) is 20.0. The number of benzene rings is 2. The standard InChI is InChI=1S/C18H10ClF3N2O3S/c19-10-3-1-2-9(6-10)7-13-17(26)24(18(27)28-13)8-14(25)23-12-5-4-11(20)15(21)16(12)22/h1-7H,8H2,(H,23,25)/b13-7+. The van der Waals surface area contributed by atoms with Gasteiger partial charge in [0.25, 0.3) is 11.1 Å². The lowest BCUT2D eigenvalue weighted by Gasteiger charge is -2.13. The van der Waals surface area contributed by atoms with Gasteiger partial charge in [-0.25, -0.2) is 13.2 Å². The Kier molecular flexibility index (Phi) is 5.76. The highest BCUT2D eigenvalue weighted by Crippen LogP contribution is 2.32. The molecule has 0 unspecified atom stereocenters. The van der Waals surface area contributed by atoms with Gasteiger partial charge in [0.2, 0.25) is 5.91 Å². The number of thioether (sulfide) groups is 1. The number of halogens is 4. The first-order chi connectivity index (χ1) is 13.3. The third-order valence-electron chi connectivity index (χ3n) is 3.63. The van der Waals surface area contributed by atoms with Crippen LogP contribution in [-0.4, -0.2) is 28.5 Å². The number of carbonyl (C=O) groups is 3. The molecule has 3 rings (SSSR count). The molecule has 0 saturated carbocycles. The molecule has 5 nitrogen and oxygen atoms in total. The number of hydrogen-bond donors (Lipinski definition) is 1. The Morgan fingerprint density at radius 1 is 1.14 bits per heavy atom. The van der Waals surface area contributed by atoms with Crippen molar-refractivity contribution in [2.45, 2.75) is 0 Å². The summed E-state index contributed by atoms with van der Waals surface area (Å²) in [5.41, 5.74) is -0.0170. The van der Waals surface area contributed by atoms with Gasteiger partial charge in [0.05, 0.1) is 10.6 Å². The van der Waals surface area contributed by atoms with E-state index in [2.05, 4.69) is 0 Å². The predicted molar refractivity (Wildman–Crippen MR) is 99.1 cm³/mol. The fraction of sp³-hybridized carbons (Fsp3) is 0.0556. The first-order valence-electron chi connectivity index (χ1n) is 7.70. The zero-order valence-electron chi connectivity index (χ0n) is 13.8. The minimum absolute atomic E-state index is 0.0825. The van der Waals surface area contributed by atoms with Crippen molar-refractivity contribution in [1.29, 1.82) is 0 Å². The molecule has 3 amide bonds. The van der Waals surface area contributed by atoms with E-state index in [4.69, 9.17) is 11.6 Å². The SMILES string of the molecule is O=C(CN1C(=O)S/C(=C/c2cccc(Cl)c2)C1=O)Nc1ccc(F)c(F)c1F. The van der Waals surface area contributed by atoms with Crippen molar-refractivity contribution in [3.8, 4) is 0 Å². The smallest absolute Gasteiger partial charge is 0.294 e. The maximum absolute atomic E-state index is 13.6. The third kappa shape index (κ3) is 4.20. The zero-order chi connectivity index (χ0) is 20.4. The van der Waals surface area contributed by atoms with E-state index in [1.54, 1.807) is 24.3 Å². The minimum atomic E-state index is -1.74. The van der Waals surface area contributed by atoms with Crippen molar-refractivity contribution in [2.75, 3.05) is 11.9 Å². The first-order valence-corrected chi connectivity index (χ1v) is 8.90. The molecule has 1 aliphatic heterocycles. The minimum Gasteiger partial charge on any atom is -0.322 e. The van der Waals surface area contributed by atoms with Gasteiger partial charge in [-0.3, -0.25) is 19.3 Å². The van der Waals surface area contributed by atoms with Gasteiger partial charge < -0.3 is 5.32 Å². The summed E-state index contributed by atoms with van der Waals surface area (Å²) in [7, 11) is 0. The summed E-state index contributed by atoms with van der Waals surface area (Å²) in [6.07, 6.45) is 1.45. The zero-order valence-corrected chi connectivity index (χ0v) is 15.4. The average Bonchev–Trinajstić information content (AvgIpc) is 2.90. The van der Waals surface area contributed by atoms with Crippen LogP contribution in [-0.2, 0) is 9.59 Å². The molecule has 0 aromatic heterocycles. The van der Waals surface area contributed by atoms with Crippen LogP contribution in [0.5, 0.6) is 0 Å². The van der Waals surface area contributed by atoms with Gasteiger partial charge >= 0.3 is 0 Å².